The van der Waals surface area contributed by atoms with Crippen LogP contribution >= 0.6 is 11.3 Å². The van der Waals surface area contributed by atoms with Crippen LogP contribution in [0.4, 0.5) is 8.78 Å². The van der Waals surface area contributed by atoms with Crippen molar-refractivity contribution in [1.29, 1.82) is 0 Å². The van der Waals surface area contributed by atoms with E-state index in [-0.39, 0.29) is 11.3 Å². The normalized spacial score (nSPS) is 15.6. The molecule has 1 heterocycles. The molecule has 0 bridgehead atoms. The Morgan fingerprint density at radius 2 is 1.81 bits per heavy atom. The molecule has 0 saturated heterocycles. The van der Waals surface area contributed by atoms with Crippen LogP contribution in [0.25, 0.3) is 0 Å². The molecule has 3 rings (SSSR count). The minimum atomic E-state index is -1.27. The molecule has 21 heavy (non-hydrogen) atoms. The third kappa shape index (κ3) is 2.68. The predicted octanol–water partition coefficient (Wildman–Crippen LogP) is 4.00. The minimum absolute atomic E-state index is 0.103. The highest BCUT2D eigenvalue weighted by Crippen LogP contribution is 2.37. The molecule has 1 aromatic heterocycles. The van der Waals surface area contributed by atoms with E-state index in [9.17, 15) is 13.9 Å². The van der Waals surface area contributed by atoms with E-state index in [0.29, 0.717) is 4.88 Å². The number of aliphatic hydroxyl groups is 1. The van der Waals surface area contributed by atoms with Gasteiger partial charge in [-0.25, -0.2) is 8.78 Å². The van der Waals surface area contributed by atoms with Crippen molar-refractivity contribution in [3.63, 3.8) is 0 Å². The highest BCUT2D eigenvalue weighted by molar-refractivity contribution is 7.12. The van der Waals surface area contributed by atoms with Gasteiger partial charge in [0, 0.05) is 21.9 Å². The molecule has 0 aliphatic heterocycles. The van der Waals surface area contributed by atoms with Crippen LogP contribution in [-0.2, 0) is 12.8 Å². The number of methoxy groups -OCH3 is 1. The van der Waals surface area contributed by atoms with Crippen molar-refractivity contribution >= 4 is 11.3 Å². The van der Waals surface area contributed by atoms with Crippen LogP contribution in [0.15, 0.2) is 18.2 Å². The highest BCUT2D eigenvalue weighted by atomic mass is 32.1. The molecule has 1 aromatic carbocycles. The van der Waals surface area contributed by atoms with Crippen LogP contribution in [-0.4, -0.2) is 12.2 Å². The quantitative estimate of drug-likeness (QED) is 0.928. The zero-order chi connectivity index (χ0) is 15.0. The number of aryl methyl sites for hydroxylation is 2. The van der Waals surface area contributed by atoms with Gasteiger partial charge in [-0.3, -0.25) is 0 Å². The van der Waals surface area contributed by atoms with Gasteiger partial charge in [-0.2, -0.15) is 0 Å². The van der Waals surface area contributed by atoms with Gasteiger partial charge in [0.25, 0.3) is 0 Å². The van der Waals surface area contributed by atoms with Gasteiger partial charge >= 0.3 is 0 Å². The van der Waals surface area contributed by atoms with E-state index < -0.39 is 17.7 Å². The molecule has 2 aromatic rings. The number of fused-ring (bicyclic) bond motifs is 1. The number of ether oxygens (including phenoxy) is 1. The van der Waals surface area contributed by atoms with Crippen molar-refractivity contribution in [2.24, 2.45) is 0 Å². The van der Waals surface area contributed by atoms with E-state index in [2.05, 4.69) is 0 Å². The van der Waals surface area contributed by atoms with E-state index in [1.54, 1.807) is 0 Å². The molecule has 1 aliphatic rings. The summed E-state index contributed by atoms with van der Waals surface area (Å²) >= 11 is 1.45. The lowest BCUT2D eigenvalue weighted by Gasteiger charge is -2.12. The summed E-state index contributed by atoms with van der Waals surface area (Å²) in [5, 5.41) is 10.4. The number of hydrogen-bond donors (Lipinski definition) is 1. The fourth-order valence-electron chi connectivity index (χ4n) is 2.73. The summed E-state index contributed by atoms with van der Waals surface area (Å²) < 4.78 is 32.9. The lowest BCUT2D eigenvalue weighted by atomic mass is 9.98. The standard InChI is InChI=1S/C16H16F2O2S/c1-20-10-7-11(17)15(12(18)8-10)16(19)14-6-9-4-2-3-5-13(9)21-14/h6-8,16,19H,2-5H2,1H3. The largest absolute Gasteiger partial charge is 0.497 e. The van der Waals surface area contributed by atoms with Gasteiger partial charge < -0.3 is 9.84 Å². The van der Waals surface area contributed by atoms with E-state index in [1.165, 1.54) is 28.9 Å². The number of aliphatic hydroxyl groups excluding tert-OH is 1. The maximum atomic E-state index is 14.0. The molecule has 0 radical (unpaired) electrons. The summed E-state index contributed by atoms with van der Waals surface area (Å²) in [5.41, 5.74) is 0.893. The van der Waals surface area contributed by atoms with Crippen LogP contribution in [0.3, 0.4) is 0 Å². The summed E-state index contributed by atoms with van der Waals surface area (Å²) in [4.78, 5) is 1.83. The first kappa shape index (κ1) is 14.5. The van der Waals surface area contributed by atoms with Gasteiger partial charge in [0.05, 0.1) is 12.7 Å². The van der Waals surface area contributed by atoms with Gasteiger partial charge in [0.15, 0.2) is 0 Å². The first-order valence-electron chi connectivity index (χ1n) is 6.92. The second-order valence-electron chi connectivity index (χ2n) is 5.21. The number of hydrogen-bond acceptors (Lipinski definition) is 3. The third-order valence-corrected chi connectivity index (χ3v) is 5.14. The van der Waals surface area contributed by atoms with Crippen molar-refractivity contribution < 1.29 is 18.6 Å². The molecule has 1 N–H and O–H groups in total. The van der Waals surface area contributed by atoms with Gasteiger partial charge in [0.1, 0.15) is 23.5 Å². The summed E-state index contributed by atoms with van der Waals surface area (Å²) in [6.45, 7) is 0. The Bertz CT molecular complexity index is 620. The highest BCUT2D eigenvalue weighted by Gasteiger charge is 2.24. The van der Waals surface area contributed by atoms with Crippen LogP contribution in [0.1, 0.15) is 39.8 Å². The zero-order valence-electron chi connectivity index (χ0n) is 11.7. The smallest absolute Gasteiger partial charge is 0.136 e. The number of thiophene rings is 1. The summed E-state index contributed by atoms with van der Waals surface area (Å²) in [6, 6.07) is 4.07. The Labute approximate surface area is 126 Å². The second-order valence-corrected chi connectivity index (χ2v) is 6.38. The fourth-order valence-corrected chi connectivity index (χ4v) is 3.98. The molecular weight excluding hydrogens is 294 g/mol. The molecule has 0 amide bonds. The Morgan fingerprint density at radius 3 is 2.43 bits per heavy atom. The molecule has 112 valence electrons. The third-order valence-electron chi connectivity index (χ3n) is 3.85. The Balaban J connectivity index is 1.98. The monoisotopic (exact) mass is 310 g/mol. The van der Waals surface area contributed by atoms with Crippen LogP contribution in [0.2, 0.25) is 0 Å². The average molecular weight is 310 g/mol. The Morgan fingerprint density at radius 1 is 1.14 bits per heavy atom. The van der Waals surface area contributed by atoms with E-state index in [1.807, 2.05) is 6.07 Å². The molecule has 0 spiro atoms. The van der Waals surface area contributed by atoms with Gasteiger partial charge in [0.2, 0.25) is 0 Å². The first-order chi connectivity index (χ1) is 10.1. The number of rotatable bonds is 3. The maximum absolute atomic E-state index is 14.0. The molecule has 1 unspecified atom stereocenters. The second kappa shape index (κ2) is 5.73. The van der Waals surface area contributed by atoms with Gasteiger partial charge in [-0.15, -0.1) is 11.3 Å². The summed E-state index contributed by atoms with van der Waals surface area (Å²) in [7, 11) is 1.34. The lowest BCUT2D eigenvalue weighted by molar-refractivity contribution is 0.212. The van der Waals surface area contributed by atoms with Crippen molar-refractivity contribution in [2.45, 2.75) is 31.8 Å². The zero-order valence-corrected chi connectivity index (χ0v) is 12.5. The van der Waals surface area contributed by atoms with E-state index in [0.717, 1.165) is 37.8 Å². The SMILES string of the molecule is COc1cc(F)c(C(O)c2cc3c(s2)CCCC3)c(F)c1. The minimum Gasteiger partial charge on any atom is -0.497 e. The van der Waals surface area contributed by atoms with E-state index >= 15 is 0 Å². The van der Waals surface area contributed by atoms with Crippen LogP contribution in [0.5, 0.6) is 5.75 Å². The summed E-state index contributed by atoms with van der Waals surface area (Å²) in [6.07, 6.45) is 2.96. The predicted molar refractivity (Wildman–Crippen MR) is 77.9 cm³/mol. The molecule has 0 saturated carbocycles. The van der Waals surface area contributed by atoms with Crippen molar-refractivity contribution in [2.75, 3.05) is 7.11 Å². The maximum Gasteiger partial charge on any atom is 0.136 e. The Kier molecular flexibility index (Phi) is 3.95. The molecule has 1 aliphatic carbocycles. The number of benzene rings is 1. The van der Waals surface area contributed by atoms with Crippen LogP contribution in [0, 0.1) is 11.6 Å². The number of halogens is 2. The van der Waals surface area contributed by atoms with Crippen molar-refractivity contribution in [3.8, 4) is 5.75 Å². The van der Waals surface area contributed by atoms with Crippen molar-refractivity contribution in [1.82, 2.24) is 0 Å². The average Bonchev–Trinajstić information content (AvgIpc) is 2.90. The van der Waals surface area contributed by atoms with E-state index in [4.69, 9.17) is 4.74 Å². The first-order valence-corrected chi connectivity index (χ1v) is 7.74. The van der Waals surface area contributed by atoms with Gasteiger partial charge in [-0.05, 0) is 37.3 Å². The summed E-state index contributed by atoms with van der Waals surface area (Å²) in [5.74, 6) is -1.47. The lowest BCUT2D eigenvalue weighted by Crippen LogP contribution is -2.05. The van der Waals surface area contributed by atoms with Crippen LogP contribution < -0.4 is 4.74 Å². The van der Waals surface area contributed by atoms with Crippen molar-refractivity contribution in [3.05, 3.63) is 50.7 Å². The molecule has 0 fully saturated rings. The Hall–Kier alpha value is -1.46. The fraction of sp³-hybridized carbons (Fsp3) is 0.375. The van der Waals surface area contributed by atoms with Gasteiger partial charge in [-0.1, -0.05) is 0 Å². The topological polar surface area (TPSA) is 29.5 Å². The molecular formula is C16H16F2O2S. The molecule has 5 heteroatoms. The molecule has 2 nitrogen and oxygen atoms in total. The molecule has 1 atom stereocenters.